The van der Waals surface area contributed by atoms with E-state index < -0.39 is 5.97 Å². The van der Waals surface area contributed by atoms with Gasteiger partial charge in [0.25, 0.3) is 0 Å². The first-order chi connectivity index (χ1) is 10.1. The van der Waals surface area contributed by atoms with Crippen LogP contribution in [0.2, 0.25) is 0 Å². The fourth-order valence-corrected chi connectivity index (χ4v) is 3.76. The van der Waals surface area contributed by atoms with Crippen LogP contribution in [0.15, 0.2) is 29.6 Å². The van der Waals surface area contributed by atoms with Crippen LogP contribution in [-0.4, -0.2) is 11.1 Å². The monoisotopic (exact) mass is 305 g/mol. The summed E-state index contributed by atoms with van der Waals surface area (Å²) in [7, 11) is 0. The number of hydrogen-bond donors (Lipinski definition) is 2. The van der Waals surface area contributed by atoms with Gasteiger partial charge in [-0.05, 0) is 54.5 Å². The molecular weight excluding hydrogens is 289 g/mol. The van der Waals surface area contributed by atoms with E-state index in [0.717, 1.165) is 19.3 Å². The van der Waals surface area contributed by atoms with Crippen molar-refractivity contribution in [3.8, 4) is 0 Å². The van der Waals surface area contributed by atoms with E-state index in [1.54, 1.807) is 11.3 Å². The zero-order chi connectivity index (χ0) is 14.8. The molecule has 3 rings (SSSR count). The van der Waals surface area contributed by atoms with Gasteiger partial charge in [-0.25, -0.2) is 9.18 Å². The molecule has 1 heterocycles. The lowest BCUT2D eigenvalue weighted by molar-refractivity contribution is 0.0696. The van der Waals surface area contributed by atoms with E-state index in [1.807, 2.05) is 0 Å². The molecule has 3 nitrogen and oxygen atoms in total. The summed E-state index contributed by atoms with van der Waals surface area (Å²) in [5.74, 6) is -1.40. The van der Waals surface area contributed by atoms with Crippen LogP contribution >= 0.6 is 11.3 Å². The SMILES string of the molecule is O=C(O)c1ccc(F)c(CNC2CCCc3sccc32)c1. The van der Waals surface area contributed by atoms with Crippen molar-refractivity contribution in [3.63, 3.8) is 0 Å². The molecule has 1 aliphatic carbocycles. The summed E-state index contributed by atoms with van der Waals surface area (Å²) in [6.07, 6.45) is 3.28. The number of nitrogens with one attached hydrogen (secondary N) is 1. The van der Waals surface area contributed by atoms with Crippen molar-refractivity contribution in [2.75, 3.05) is 0 Å². The molecule has 110 valence electrons. The third-order valence-electron chi connectivity index (χ3n) is 3.88. The Bertz CT molecular complexity index is 668. The molecule has 21 heavy (non-hydrogen) atoms. The Balaban J connectivity index is 1.74. The Morgan fingerprint density at radius 3 is 3.10 bits per heavy atom. The van der Waals surface area contributed by atoms with Gasteiger partial charge in [-0.3, -0.25) is 0 Å². The van der Waals surface area contributed by atoms with Gasteiger partial charge >= 0.3 is 5.97 Å². The van der Waals surface area contributed by atoms with Gasteiger partial charge in [-0.1, -0.05) is 0 Å². The summed E-state index contributed by atoms with van der Waals surface area (Å²) >= 11 is 1.77. The second-order valence-corrected chi connectivity index (χ2v) is 6.24. The van der Waals surface area contributed by atoms with Crippen LogP contribution in [0.1, 0.15) is 45.2 Å². The van der Waals surface area contributed by atoms with E-state index in [9.17, 15) is 9.18 Å². The molecule has 1 aromatic heterocycles. The first-order valence-electron chi connectivity index (χ1n) is 6.96. The maximum Gasteiger partial charge on any atom is 0.335 e. The number of thiophene rings is 1. The Morgan fingerprint density at radius 2 is 2.29 bits per heavy atom. The van der Waals surface area contributed by atoms with Crippen molar-refractivity contribution < 1.29 is 14.3 Å². The van der Waals surface area contributed by atoms with E-state index in [0.29, 0.717) is 12.1 Å². The predicted molar refractivity (Wildman–Crippen MR) is 80.2 cm³/mol. The lowest BCUT2D eigenvalue weighted by atomic mass is 9.94. The third-order valence-corrected chi connectivity index (χ3v) is 4.88. The normalized spacial score (nSPS) is 17.5. The van der Waals surface area contributed by atoms with Crippen molar-refractivity contribution >= 4 is 17.3 Å². The smallest absolute Gasteiger partial charge is 0.335 e. The van der Waals surface area contributed by atoms with Gasteiger partial charge in [0.2, 0.25) is 0 Å². The number of carboxylic acids is 1. The average Bonchev–Trinajstić information content (AvgIpc) is 2.95. The molecule has 0 amide bonds. The molecule has 1 atom stereocenters. The molecule has 0 radical (unpaired) electrons. The summed E-state index contributed by atoms with van der Waals surface area (Å²) in [6.45, 7) is 0.340. The van der Waals surface area contributed by atoms with E-state index in [-0.39, 0.29) is 17.4 Å². The van der Waals surface area contributed by atoms with Crippen LogP contribution in [0.25, 0.3) is 0 Å². The summed E-state index contributed by atoms with van der Waals surface area (Å²) in [6, 6.07) is 6.27. The van der Waals surface area contributed by atoms with Crippen molar-refractivity contribution in [1.82, 2.24) is 5.32 Å². The number of hydrogen-bond acceptors (Lipinski definition) is 3. The Kier molecular flexibility index (Phi) is 4.03. The van der Waals surface area contributed by atoms with Crippen LogP contribution in [-0.2, 0) is 13.0 Å². The summed E-state index contributed by atoms with van der Waals surface area (Å²) in [4.78, 5) is 12.4. The molecule has 1 aliphatic rings. The van der Waals surface area contributed by atoms with Gasteiger partial charge in [0, 0.05) is 23.0 Å². The molecule has 0 spiro atoms. The van der Waals surface area contributed by atoms with Crippen LogP contribution in [0.5, 0.6) is 0 Å². The van der Waals surface area contributed by atoms with Gasteiger partial charge < -0.3 is 10.4 Å². The van der Waals surface area contributed by atoms with Crippen LogP contribution in [0, 0.1) is 5.82 Å². The quantitative estimate of drug-likeness (QED) is 0.904. The molecule has 1 unspecified atom stereocenters. The molecule has 1 aromatic carbocycles. The Morgan fingerprint density at radius 1 is 1.43 bits per heavy atom. The molecule has 0 saturated carbocycles. The summed E-state index contributed by atoms with van der Waals surface area (Å²) < 4.78 is 13.8. The van der Waals surface area contributed by atoms with Crippen LogP contribution in [0.4, 0.5) is 4.39 Å². The highest BCUT2D eigenvalue weighted by molar-refractivity contribution is 7.10. The lowest BCUT2D eigenvalue weighted by Gasteiger charge is -2.24. The van der Waals surface area contributed by atoms with Gasteiger partial charge in [0.05, 0.1) is 5.56 Å². The highest BCUT2D eigenvalue weighted by atomic mass is 32.1. The van der Waals surface area contributed by atoms with Crippen molar-refractivity contribution in [2.45, 2.75) is 31.8 Å². The zero-order valence-corrected chi connectivity index (χ0v) is 12.3. The number of fused-ring (bicyclic) bond motifs is 1. The van der Waals surface area contributed by atoms with E-state index in [1.165, 1.54) is 28.6 Å². The zero-order valence-electron chi connectivity index (χ0n) is 11.4. The number of aromatic carboxylic acids is 1. The first-order valence-corrected chi connectivity index (χ1v) is 7.84. The minimum absolute atomic E-state index is 0.119. The van der Waals surface area contributed by atoms with Gasteiger partial charge in [-0.15, -0.1) is 11.3 Å². The van der Waals surface area contributed by atoms with E-state index >= 15 is 0 Å². The number of aryl methyl sites for hydroxylation is 1. The highest BCUT2D eigenvalue weighted by Gasteiger charge is 2.21. The number of rotatable bonds is 4. The standard InChI is InChI=1S/C16H16FNO2S/c17-13-5-4-10(16(19)20)8-11(13)9-18-14-2-1-3-15-12(14)6-7-21-15/h4-8,14,18H,1-3,9H2,(H,19,20). The van der Waals surface area contributed by atoms with Crippen molar-refractivity contribution in [1.29, 1.82) is 0 Å². The van der Waals surface area contributed by atoms with Crippen LogP contribution < -0.4 is 5.32 Å². The average molecular weight is 305 g/mol. The second-order valence-electron chi connectivity index (χ2n) is 5.24. The second kappa shape index (κ2) is 5.95. The predicted octanol–water partition coefficient (Wildman–Crippen LogP) is 3.75. The fourth-order valence-electron chi connectivity index (χ4n) is 2.77. The highest BCUT2D eigenvalue weighted by Crippen LogP contribution is 2.33. The first kappa shape index (κ1) is 14.2. The molecule has 0 bridgehead atoms. The molecule has 2 aromatic rings. The van der Waals surface area contributed by atoms with E-state index in [2.05, 4.69) is 16.8 Å². The van der Waals surface area contributed by atoms with Crippen molar-refractivity contribution in [2.24, 2.45) is 0 Å². The van der Waals surface area contributed by atoms with Crippen molar-refractivity contribution in [3.05, 3.63) is 57.0 Å². The minimum Gasteiger partial charge on any atom is -0.478 e. The molecule has 5 heteroatoms. The Hall–Kier alpha value is -1.72. The molecule has 2 N–H and O–H groups in total. The number of carboxylic acid groups (broad SMARTS) is 1. The topological polar surface area (TPSA) is 49.3 Å². The molecule has 0 aliphatic heterocycles. The van der Waals surface area contributed by atoms with Gasteiger partial charge in [0.1, 0.15) is 5.82 Å². The minimum atomic E-state index is -1.03. The molecular formula is C16H16FNO2S. The number of halogens is 1. The molecule has 0 saturated heterocycles. The van der Waals surface area contributed by atoms with E-state index in [4.69, 9.17) is 5.11 Å². The summed E-state index contributed by atoms with van der Waals surface area (Å²) in [5, 5.41) is 14.4. The fraction of sp³-hybridized carbons (Fsp3) is 0.312. The summed E-state index contributed by atoms with van der Waals surface area (Å²) in [5.41, 5.74) is 1.83. The number of carbonyl (C=O) groups is 1. The third kappa shape index (κ3) is 2.99. The maximum atomic E-state index is 13.8. The van der Waals surface area contributed by atoms with Crippen LogP contribution in [0.3, 0.4) is 0 Å². The number of benzene rings is 1. The van der Waals surface area contributed by atoms with Gasteiger partial charge in [-0.2, -0.15) is 0 Å². The molecule has 0 fully saturated rings. The largest absolute Gasteiger partial charge is 0.478 e. The maximum absolute atomic E-state index is 13.8. The van der Waals surface area contributed by atoms with Gasteiger partial charge in [0.15, 0.2) is 0 Å². The lowest BCUT2D eigenvalue weighted by Crippen LogP contribution is -2.24. The Labute approximate surface area is 126 Å².